The fourth-order valence-electron chi connectivity index (χ4n) is 1.65. The Morgan fingerprint density at radius 2 is 1.71 bits per heavy atom. The summed E-state index contributed by atoms with van der Waals surface area (Å²) >= 11 is 0. The van der Waals surface area contributed by atoms with Gasteiger partial charge in [0.05, 0.1) is 13.1 Å². The van der Waals surface area contributed by atoms with Crippen LogP contribution in [0.15, 0.2) is 24.3 Å². The lowest BCUT2D eigenvalue weighted by Crippen LogP contribution is -2.33. The highest BCUT2D eigenvalue weighted by Gasteiger charge is 2.31. The molecule has 1 aromatic carbocycles. The first-order chi connectivity index (χ1) is 9.65. The molecule has 0 aliphatic carbocycles. The fourth-order valence-corrected chi connectivity index (χ4v) is 1.65. The summed E-state index contributed by atoms with van der Waals surface area (Å²) in [6.45, 7) is -1.22. The maximum absolute atomic E-state index is 12.1. The second kappa shape index (κ2) is 6.93. The maximum Gasteiger partial charge on any atom is 0.573 e. The Morgan fingerprint density at radius 1 is 1.14 bits per heavy atom. The van der Waals surface area contributed by atoms with Crippen LogP contribution in [0.25, 0.3) is 0 Å². The van der Waals surface area contributed by atoms with Crippen molar-refractivity contribution in [2.24, 2.45) is 0 Å². The largest absolute Gasteiger partial charge is 0.573 e. The van der Waals surface area contributed by atoms with Gasteiger partial charge < -0.3 is 14.9 Å². The zero-order valence-electron chi connectivity index (χ0n) is 10.6. The van der Waals surface area contributed by atoms with Crippen molar-refractivity contribution < 1.29 is 37.7 Å². The molecule has 0 fully saturated rings. The van der Waals surface area contributed by atoms with E-state index in [9.17, 15) is 22.8 Å². The third kappa shape index (κ3) is 7.16. The second-order valence-corrected chi connectivity index (χ2v) is 4.13. The topological polar surface area (TPSA) is 87.1 Å². The number of aliphatic carboxylic acids is 2. The Labute approximate surface area is 117 Å². The van der Waals surface area contributed by atoms with E-state index < -0.39 is 37.1 Å². The summed E-state index contributed by atoms with van der Waals surface area (Å²) in [5.41, 5.74) is 0.305. The van der Waals surface area contributed by atoms with Crippen molar-refractivity contribution in [3.63, 3.8) is 0 Å². The quantitative estimate of drug-likeness (QED) is 0.795. The molecule has 0 radical (unpaired) electrons. The molecule has 0 heterocycles. The van der Waals surface area contributed by atoms with E-state index in [1.165, 1.54) is 12.1 Å². The van der Waals surface area contributed by atoms with Crippen LogP contribution in [0.1, 0.15) is 5.56 Å². The summed E-state index contributed by atoms with van der Waals surface area (Å²) in [7, 11) is 0. The first kappa shape index (κ1) is 16.8. The number of carbonyl (C=O) groups is 2. The molecule has 0 atom stereocenters. The fraction of sp³-hybridized carbons (Fsp3) is 0.333. The van der Waals surface area contributed by atoms with Crippen LogP contribution in [0.4, 0.5) is 13.2 Å². The highest BCUT2D eigenvalue weighted by atomic mass is 19.4. The number of hydrogen-bond donors (Lipinski definition) is 2. The molecule has 1 rings (SSSR count). The van der Waals surface area contributed by atoms with E-state index in [2.05, 4.69) is 4.74 Å². The molecule has 2 N–H and O–H groups in total. The van der Waals surface area contributed by atoms with Crippen LogP contribution in [0, 0.1) is 0 Å². The first-order valence-electron chi connectivity index (χ1n) is 5.66. The number of rotatable bonds is 7. The number of carboxylic acid groups (broad SMARTS) is 2. The van der Waals surface area contributed by atoms with Crippen molar-refractivity contribution in [2.75, 3.05) is 13.1 Å². The zero-order chi connectivity index (χ0) is 16.0. The van der Waals surface area contributed by atoms with Crippen molar-refractivity contribution in [2.45, 2.75) is 12.9 Å². The summed E-state index contributed by atoms with van der Waals surface area (Å²) in [6, 6.07) is 4.91. The van der Waals surface area contributed by atoms with Crippen molar-refractivity contribution in [1.82, 2.24) is 4.90 Å². The predicted octanol–water partition coefficient (Wildman–Crippen LogP) is 1.56. The minimum Gasteiger partial charge on any atom is -0.480 e. The van der Waals surface area contributed by atoms with E-state index in [1.54, 1.807) is 0 Å². The molecule has 0 saturated carbocycles. The molecule has 0 spiro atoms. The molecular weight excluding hydrogens is 295 g/mol. The summed E-state index contributed by atoms with van der Waals surface area (Å²) in [4.78, 5) is 22.3. The first-order valence-corrected chi connectivity index (χ1v) is 5.66. The molecule has 0 amide bonds. The van der Waals surface area contributed by atoms with Gasteiger partial charge in [0.2, 0.25) is 0 Å². The minimum atomic E-state index is -4.83. The molecule has 0 bridgehead atoms. The maximum atomic E-state index is 12.1. The van der Waals surface area contributed by atoms with Crippen LogP contribution in [0.3, 0.4) is 0 Å². The van der Waals surface area contributed by atoms with E-state index >= 15 is 0 Å². The highest BCUT2D eigenvalue weighted by Crippen LogP contribution is 2.23. The average Bonchev–Trinajstić information content (AvgIpc) is 2.24. The lowest BCUT2D eigenvalue weighted by molar-refractivity contribution is -0.274. The molecular formula is C12H12F3NO5. The number of hydrogen-bond acceptors (Lipinski definition) is 4. The summed E-state index contributed by atoms with van der Waals surface area (Å²) < 4.78 is 40.0. The summed E-state index contributed by atoms with van der Waals surface area (Å²) in [6.07, 6.45) is -4.83. The Morgan fingerprint density at radius 3 is 2.19 bits per heavy atom. The molecule has 0 aliphatic heterocycles. The van der Waals surface area contributed by atoms with Gasteiger partial charge in [-0.3, -0.25) is 14.5 Å². The van der Waals surface area contributed by atoms with E-state index in [0.29, 0.717) is 5.56 Å². The van der Waals surface area contributed by atoms with Gasteiger partial charge in [0.1, 0.15) is 5.75 Å². The van der Waals surface area contributed by atoms with Crippen molar-refractivity contribution in [3.05, 3.63) is 29.8 Å². The van der Waals surface area contributed by atoms with E-state index in [0.717, 1.165) is 17.0 Å². The predicted molar refractivity (Wildman–Crippen MR) is 63.7 cm³/mol. The van der Waals surface area contributed by atoms with Crippen molar-refractivity contribution in [1.29, 1.82) is 0 Å². The van der Waals surface area contributed by atoms with Crippen LogP contribution in [-0.2, 0) is 16.1 Å². The van der Waals surface area contributed by atoms with E-state index in [1.807, 2.05) is 0 Å². The van der Waals surface area contributed by atoms with Crippen LogP contribution in [0.2, 0.25) is 0 Å². The molecule has 21 heavy (non-hydrogen) atoms. The van der Waals surface area contributed by atoms with Crippen molar-refractivity contribution in [3.8, 4) is 5.75 Å². The van der Waals surface area contributed by atoms with Gasteiger partial charge in [-0.2, -0.15) is 0 Å². The third-order valence-corrected chi connectivity index (χ3v) is 2.26. The van der Waals surface area contributed by atoms with Crippen molar-refractivity contribution >= 4 is 11.9 Å². The van der Waals surface area contributed by atoms with Gasteiger partial charge in [-0.15, -0.1) is 13.2 Å². The number of nitrogens with zero attached hydrogens (tertiary/aromatic N) is 1. The normalized spacial score (nSPS) is 11.4. The van der Waals surface area contributed by atoms with Crippen LogP contribution >= 0.6 is 0 Å². The molecule has 0 aliphatic rings. The van der Waals surface area contributed by atoms with Gasteiger partial charge in [0.25, 0.3) is 0 Å². The number of alkyl halides is 3. The molecule has 0 aromatic heterocycles. The van der Waals surface area contributed by atoms with Crippen LogP contribution < -0.4 is 4.74 Å². The van der Waals surface area contributed by atoms with Gasteiger partial charge in [-0.1, -0.05) is 12.1 Å². The van der Waals surface area contributed by atoms with E-state index in [-0.39, 0.29) is 6.54 Å². The smallest absolute Gasteiger partial charge is 0.480 e. The van der Waals surface area contributed by atoms with Gasteiger partial charge in [-0.25, -0.2) is 0 Å². The number of halogens is 3. The molecule has 1 aromatic rings. The Bertz CT molecular complexity index is 502. The summed E-state index contributed by atoms with van der Waals surface area (Å²) in [5, 5.41) is 17.3. The Balaban J connectivity index is 2.80. The molecule has 116 valence electrons. The SMILES string of the molecule is O=C(O)CN(CC(=O)O)Cc1cccc(OC(F)(F)F)c1. The summed E-state index contributed by atoms with van der Waals surface area (Å²) in [5.74, 6) is -2.93. The minimum absolute atomic E-state index is 0.131. The molecule has 6 nitrogen and oxygen atoms in total. The number of ether oxygens (including phenoxy) is 1. The van der Waals surface area contributed by atoms with Gasteiger partial charge in [0.15, 0.2) is 0 Å². The standard InChI is InChI=1S/C12H12F3NO5/c13-12(14,15)21-9-3-1-2-8(4-9)5-16(6-10(17)18)7-11(19)20/h1-4H,5-7H2,(H,17,18)(H,19,20). The molecule has 9 heteroatoms. The van der Waals surface area contributed by atoms with E-state index in [4.69, 9.17) is 10.2 Å². The number of carboxylic acids is 2. The van der Waals surface area contributed by atoms with Crippen LogP contribution in [0.5, 0.6) is 5.75 Å². The lowest BCUT2D eigenvalue weighted by Gasteiger charge is -2.18. The highest BCUT2D eigenvalue weighted by molar-refractivity contribution is 5.72. The zero-order valence-corrected chi connectivity index (χ0v) is 10.6. The number of benzene rings is 1. The van der Waals surface area contributed by atoms with Crippen LogP contribution in [-0.4, -0.2) is 46.5 Å². The third-order valence-electron chi connectivity index (χ3n) is 2.26. The lowest BCUT2D eigenvalue weighted by atomic mass is 10.2. The molecule has 0 unspecified atom stereocenters. The Kier molecular flexibility index (Phi) is 5.53. The average molecular weight is 307 g/mol. The van der Waals surface area contributed by atoms with Gasteiger partial charge in [-0.05, 0) is 17.7 Å². The second-order valence-electron chi connectivity index (χ2n) is 4.13. The van der Waals surface area contributed by atoms with Gasteiger partial charge in [0, 0.05) is 6.54 Å². The molecule has 0 saturated heterocycles. The monoisotopic (exact) mass is 307 g/mol. The van der Waals surface area contributed by atoms with Gasteiger partial charge >= 0.3 is 18.3 Å². The Hall–Kier alpha value is -2.29.